The number of nitrogens with zero attached hydrogens (tertiary/aromatic N) is 2. The van der Waals surface area contributed by atoms with E-state index in [1.807, 2.05) is 56.3 Å². The normalized spacial score (nSPS) is 15.7. The Morgan fingerprint density at radius 1 is 1.08 bits per heavy atom. The van der Waals surface area contributed by atoms with Crippen LogP contribution in [0.25, 0.3) is 6.08 Å². The molecular formula is C20H20N2O3S. The number of carbonyl (C=O) groups excluding carboxylic acids is 2. The van der Waals surface area contributed by atoms with E-state index in [-0.39, 0.29) is 11.1 Å². The summed E-state index contributed by atoms with van der Waals surface area (Å²) in [4.78, 5) is 28.8. The van der Waals surface area contributed by atoms with Crippen LogP contribution in [0.4, 0.5) is 16.2 Å². The van der Waals surface area contributed by atoms with Crippen LogP contribution in [0, 0.1) is 0 Å². The Balaban J connectivity index is 1.89. The van der Waals surface area contributed by atoms with Crippen molar-refractivity contribution in [3.63, 3.8) is 0 Å². The first-order valence-electron chi connectivity index (χ1n) is 8.28. The molecule has 0 aromatic heterocycles. The molecule has 134 valence electrons. The van der Waals surface area contributed by atoms with Gasteiger partial charge in [0.15, 0.2) is 0 Å². The lowest BCUT2D eigenvalue weighted by Gasteiger charge is -2.16. The number of hydrogen-bond donors (Lipinski definition) is 0. The first-order valence-corrected chi connectivity index (χ1v) is 9.10. The number of carbonyl (C=O) groups is 2. The molecule has 0 radical (unpaired) electrons. The van der Waals surface area contributed by atoms with Crippen molar-refractivity contribution >= 4 is 40.4 Å². The van der Waals surface area contributed by atoms with Crippen molar-refractivity contribution in [1.82, 2.24) is 0 Å². The van der Waals surface area contributed by atoms with Crippen LogP contribution in [0.5, 0.6) is 5.75 Å². The minimum Gasteiger partial charge on any atom is -0.492 e. The van der Waals surface area contributed by atoms with Crippen molar-refractivity contribution in [3.8, 4) is 5.75 Å². The molecule has 0 N–H and O–H groups in total. The maximum atomic E-state index is 12.8. The third-order valence-electron chi connectivity index (χ3n) is 3.91. The van der Waals surface area contributed by atoms with Gasteiger partial charge in [0.1, 0.15) is 5.75 Å². The van der Waals surface area contributed by atoms with Gasteiger partial charge in [-0.05, 0) is 54.6 Å². The van der Waals surface area contributed by atoms with Gasteiger partial charge in [0, 0.05) is 19.8 Å². The maximum absolute atomic E-state index is 12.8. The summed E-state index contributed by atoms with van der Waals surface area (Å²) < 4.78 is 5.56. The summed E-state index contributed by atoms with van der Waals surface area (Å²) in [7, 11) is 3.94. The Morgan fingerprint density at radius 2 is 1.77 bits per heavy atom. The second kappa shape index (κ2) is 7.66. The molecule has 1 aliphatic heterocycles. The molecule has 0 unspecified atom stereocenters. The molecule has 2 amide bonds. The van der Waals surface area contributed by atoms with E-state index in [9.17, 15) is 9.59 Å². The first kappa shape index (κ1) is 18.1. The van der Waals surface area contributed by atoms with Crippen molar-refractivity contribution in [3.05, 3.63) is 59.0 Å². The average Bonchev–Trinajstić information content (AvgIpc) is 2.90. The van der Waals surface area contributed by atoms with Crippen LogP contribution < -0.4 is 14.5 Å². The zero-order valence-corrected chi connectivity index (χ0v) is 15.7. The quantitative estimate of drug-likeness (QED) is 0.733. The third-order valence-corrected chi connectivity index (χ3v) is 4.78. The van der Waals surface area contributed by atoms with E-state index in [4.69, 9.17) is 4.74 Å². The van der Waals surface area contributed by atoms with Gasteiger partial charge in [-0.2, -0.15) is 0 Å². The second-order valence-corrected chi connectivity index (χ2v) is 6.90. The van der Waals surface area contributed by atoms with E-state index in [0.29, 0.717) is 22.9 Å². The summed E-state index contributed by atoms with van der Waals surface area (Å²) in [6, 6.07) is 14.9. The Labute approximate surface area is 157 Å². The molecule has 3 rings (SSSR count). The van der Waals surface area contributed by atoms with Crippen molar-refractivity contribution in [2.45, 2.75) is 6.92 Å². The number of anilines is 2. The van der Waals surface area contributed by atoms with Gasteiger partial charge in [-0.15, -0.1) is 0 Å². The number of hydrogen-bond acceptors (Lipinski definition) is 5. The smallest absolute Gasteiger partial charge is 0.298 e. The average molecular weight is 368 g/mol. The van der Waals surface area contributed by atoms with Crippen molar-refractivity contribution in [1.29, 1.82) is 0 Å². The molecular weight excluding hydrogens is 348 g/mol. The molecule has 1 aliphatic rings. The first-order chi connectivity index (χ1) is 12.5. The Morgan fingerprint density at radius 3 is 2.42 bits per heavy atom. The third kappa shape index (κ3) is 3.60. The fourth-order valence-corrected chi connectivity index (χ4v) is 3.45. The largest absolute Gasteiger partial charge is 0.492 e. The lowest BCUT2D eigenvalue weighted by molar-refractivity contribution is -0.113. The molecule has 26 heavy (non-hydrogen) atoms. The predicted molar refractivity (Wildman–Crippen MR) is 107 cm³/mol. The number of thioether (sulfide) groups is 1. The standard InChI is InChI=1S/C20H20N2O3S/c1-4-25-17-8-6-5-7-16(17)22-19(23)18(26-20(22)24)13-14-9-11-15(12-10-14)21(2)3/h5-13H,4H2,1-3H3/b18-13-. The summed E-state index contributed by atoms with van der Waals surface area (Å²) in [6.07, 6.45) is 1.74. The number of benzene rings is 2. The van der Waals surface area contributed by atoms with Crippen LogP contribution in [-0.2, 0) is 4.79 Å². The number of ether oxygens (including phenoxy) is 1. The van der Waals surface area contributed by atoms with Crippen molar-refractivity contribution < 1.29 is 14.3 Å². The summed E-state index contributed by atoms with van der Waals surface area (Å²) in [5.41, 5.74) is 2.42. The van der Waals surface area contributed by atoms with E-state index >= 15 is 0 Å². The van der Waals surface area contributed by atoms with E-state index in [0.717, 1.165) is 23.0 Å². The highest BCUT2D eigenvalue weighted by molar-refractivity contribution is 8.19. The molecule has 0 aliphatic carbocycles. The maximum Gasteiger partial charge on any atom is 0.298 e. The molecule has 1 fully saturated rings. The molecule has 1 saturated heterocycles. The SMILES string of the molecule is CCOc1ccccc1N1C(=O)S/C(=C\c2ccc(N(C)C)cc2)C1=O. The summed E-state index contributed by atoms with van der Waals surface area (Å²) in [6.45, 7) is 2.32. The van der Waals surface area contributed by atoms with Gasteiger partial charge in [-0.1, -0.05) is 24.3 Å². The predicted octanol–water partition coefficient (Wildman–Crippen LogP) is 4.39. The monoisotopic (exact) mass is 368 g/mol. The highest BCUT2D eigenvalue weighted by Gasteiger charge is 2.37. The number of para-hydroxylation sites is 2. The van der Waals surface area contributed by atoms with E-state index < -0.39 is 0 Å². The summed E-state index contributed by atoms with van der Waals surface area (Å²) >= 11 is 0.941. The fourth-order valence-electron chi connectivity index (χ4n) is 2.61. The number of rotatable bonds is 5. The van der Waals surface area contributed by atoms with Gasteiger partial charge in [-0.3, -0.25) is 9.59 Å². The molecule has 2 aromatic rings. The zero-order chi connectivity index (χ0) is 18.7. The number of amides is 2. The van der Waals surface area contributed by atoms with Crippen LogP contribution >= 0.6 is 11.8 Å². The lowest BCUT2D eigenvalue weighted by Crippen LogP contribution is -2.28. The molecule has 6 heteroatoms. The molecule has 5 nitrogen and oxygen atoms in total. The van der Waals surface area contributed by atoms with Crippen LogP contribution in [0.3, 0.4) is 0 Å². The Hall–Kier alpha value is -2.73. The Bertz CT molecular complexity index is 860. The summed E-state index contributed by atoms with van der Waals surface area (Å²) in [5.74, 6) is 0.192. The van der Waals surface area contributed by atoms with Crippen LogP contribution in [0.15, 0.2) is 53.4 Å². The lowest BCUT2D eigenvalue weighted by atomic mass is 10.2. The Kier molecular flexibility index (Phi) is 5.32. The van der Waals surface area contributed by atoms with Gasteiger partial charge < -0.3 is 9.64 Å². The molecule has 0 spiro atoms. The van der Waals surface area contributed by atoms with E-state index in [1.165, 1.54) is 4.90 Å². The van der Waals surface area contributed by atoms with E-state index in [2.05, 4.69) is 0 Å². The van der Waals surface area contributed by atoms with Crippen LogP contribution in [-0.4, -0.2) is 31.8 Å². The van der Waals surface area contributed by atoms with Gasteiger partial charge in [0.2, 0.25) is 0 Å². The highest BCUT2D eigenvalue weighted by Crippen LogP contribution is 2.39. The van der Waals surface area contributed by atoms with Crippen molar-refractivity contribution in [2.24, 2.45) is 0 Å². The van der Waals surface area contributed by atoms with Gasteiger partial charge in [0.05, 0.1) is 17.2 Å². The zero-order valence-electron chi connectivity index (χ0n) is 14.9. The van der Waals surface area contributed by atoms with Gasteiger partial charge >= 0.3 is 0 Å². The minimum absolute atomic E-state index is 0.321. The minimum atomic E-state index is -0.330. The van der Waals surface area contributed by atoms with Crippen LogP contribution in [0.2, 0.25) is 0 Å². The van der Waals surface area contributed by atoms with E-state index in [1.54, 1.807) is 24.3 Å². The molecule has 0 saturated carbocycles. The molecule has 0 atom stereocenters. The van der Waals surface area contributed by atoms with Crippen molar-refractivity contribution in [2.75, 3.05) is 30.5 Å². The molecule has 0 bridgehead atoms. The second-order valence-electron chi connectivity index (χ2n) is 5.90. The molecule has 2 aromatic carbocycles. The van der Waals surface area contributed by atoms with Crippen LogP contribution in [0.1, 0.15) is 12.5 Å². The molecule has 1 heterocycles. The number of imide groups is 1. The highest BCUT2D eigenvalue weighted by atomic mass is 32.2. The van der Waals surface area contributed by atoms with Gasteiger partial charge in [0.25, 0.3) is 11.1 Å². The fraction of sp³-hybridized carbons (Fsp3) is 0.200. The topological polar surface area (TPSA) is 49.9 Å². The van der Waals surface area contributed by atoms with Gasteiger partial charge in [-0.25, -0.2) is 4.90 Å². The summed E-state index contributed by atoms with van der Waals surface area (Å²) in [5, 5.41) is -0.321.